The zero-order valence-corrected chi connectivity index (χ0v) is 16.6. The monoisotopic (exact) mass is 413 g/mol. The van der Waals surface area contributed by atoms with Crippen LogP contribution in [0.25, 0.3) is 0 Å². The fourth-order valence-electron chi connectivity index (χ4n) is 2.54. The van der Waals surface area contributed by atoms with Crippen LogP contribution in [0.5, 0.6) is 0 Å². The molecule has 1 aromatic heterocycles. The van der Waals surface area contributed by atoms with E-state index in [1.54, 1.807) is 18.2 Å². The van der Waals surface area contributed by atoms with Crippen LogP contribution in [0.1, 0.15) is 21.7 Å². The number of hydrogen-bond acceptors (Lipinski definition) is 4. The van der Waals surface area contributed by atoms with Crippen molar-refractivity contribution in [1.82, 2.24) is 5.32 Å². The number of amides is 2. The summed E-state index contributed by atoms with van der Waals surface area (Å²) in [4.78, 5) is 24.5. The lowest BCUT2D eigenvalue weighted by Crippen LogP contribution is -2.27. The van der Waals surface area contributed by atoms with Gasteiger partial charge in [-0.2, -0.15) is 0 Å². The highest BCUT2D eigenvalue weighted by molar-refractivity contribution is 7.12. The molecular formula is C21H20ClN3O2S. The predicted molar refractivity (Wildman–Crippen MR) is 115 cm³/mol. The topological polar surface area (TPSA) is 70.2 Å². The predicted octanol–water partition coefficient (Wildman–Crippen LogP) is 4.77. The molecule has 0 saturated heterocycles. The largest absolute Gasteiger partial charge is 0.380 e. The molecule has 0 bridgehead atoms. The molecule has 3 aromatic rings. The van der Waals surface area contributed by atoms with Crippen LogP contribution in [0.2, 0.25) is 5.02 Å². The average molecular weight is 414 g/mol. The quantitative estimate of drug-likeness (QED) is 0.498. The Morgan fingerprint density at radius 2 is 1.82 bits per heavy atom. The third kappa shape index (κ3) is 5.84. The van der Waals surface area contributed by atoms with Crippen LogP contribution in [0.3, 0.4) is 0 Å². The van der Waals surface area contributed by atoms with Crippen LogP contribution in [-0.2, 0) is 11.3 Å². The molecule has 3 N–H and O–H groups in total. The van der Waals surface area contributed by atoms with E-state index in [1.807, 2.05) is 47.8 Å². The summed E-state index contributed by atoms with van der Waals surface area (Å²) in [6, 6.07) is 18.9. The van der Waals surface area contributed by atoms with E-state index in [0.717, 1.165) is 11.3 Å². The van der Waals surface area contributed by atoms with Crippen LogP contribution in [0, 0.1) is 0 Å². The van der Waals surface area contributed by atoms with Crippen molar-refractivity contribution in [3.05, 3.63) is 81.5 Å². The van der Waals surface area contributed by atoms with E-state index in [-0.39, 0.29) is 24.8 Å². The third-order valence-electron chi connectivity index (χ3n) is 3.96. The van der Waals surface area contributed by atoms with Crippen LogP contribution in [-0.4, -0.2) is 18.4 Å². The Bertz CT molecular complexity index is 930. The molecule has 7 heteroatoms. The summed E-state index contributed by atoms with van der Waals surface area (Å²) >= 11 is 7.68. The molecule has 0 unspecified atom stereocenters. The van der Waals surface area contributed by atoms with Gasteiger partial charge in [-0.3, -0.25) is 9.59 Å². The normalized spacial score (nSPS) is 10.3. The summed E-state index contributed by atoms with van der Waals surface area (Å²) in [5.74, 6) is -0.354. The van der Waals surface area contributed by atoms with Crippen molar-refractivity contribution in [3.63, 3.8) is 0 Å². The van der Waals surface area contributed by atoms with E-state index >= 15 is 0 Å². The minimum absolute atomic E-state index is 0.167. The Hall–Kier alpha value is -2.83. The molecule has 0 aliphatic rings. The number of rotatable bonds is 8. The van der Waals surface area contributed by atoms with E-state index in [4.69, 9.17) is 11.6 Å². The van der Waals surface area contributed by atoms with Crippen molar-refractivity contribution >= 4 is 46.1 Å². The molecule has 144 valence electrons. The van der Waals surface area contributed by atoms with Gasteiger partial charge in [0, 0.05) is 25.2 Å². The van der Waals surface area contributed by atoms with E-state index in [1.165, 1.54) is 11.3 Å². The zero-order chi connectivity index (χ0) is 19.8. The molecule has 0 aliphatic carbocycles. The molecule has 1 heterocycles. The van der Waals surface area contributed by atoms with Gasteiger partial charge in [-0.25, -0.2) is 0 Å². The van der Waals surface area contributed by atoms with Gasteiger partial charge >= 0.3 is 0 Å². The Morgan fingerprint density at radius 3 is 2.54 bits per heavy atom. The van der Waals surface area contributed by atoms with E-state index in [2.05, 4.69) is 16.0 Å². The second-order valence-electron chi connectivity index (χ2n) is 6.07. The smallest absolute Gasteiger partial charge is 0.261 e. The summed E-state index contributed by atoms with van der Waals surface area (Å²) in [5, 5.41) is 11.2. The van der Waals surface area contributed by atoms with Crippen LogP contribution < -0.4 is 16.0 Å². The Balaban J connectivity index is 1.45. The number of nitrogens with one attached hydrogen (secondary N) is 3. The molecule has 0 fully saturated rings. The summed E-state index contributed by atoms with van der Waals surface area (Å²) in [6.07, 6.45) is 0.183. The molecule has 0 atom stereocenters. The van der Waals surface area contributed by atoms with Gasteiger partial charge in [0.25, 0.3) is 5.91 Å². The summed E-state index contributed by atoms with van der Waals surface area (Å²) in [5.41, 5.74) is 2.57. The van der Waals surface area contributed by atoms with Crippen molar-refractivity contribution < 1.29 is 9.59 Å². The minimum atomic E-state index is -0.187. The van der Waals surface area contributed by atoms with Crippen molar-refractivity contribution in [1.29, 1.82) is 0 Å². The highest BCUT2D eigenvalue weighted by Gasteiger charge is 2.08. The molecule has 5 nitrogen and oxygen atoms in total. The molecular weight excluding hydrogens is 394 g/mol. The number of halogens is 1. The van der Waals surface area contributed by atoms with Crippen molar-refractivity contribution in [2.24, 2.45) is 0 Å². The highest BCUT2D eigenvalue weighted by Crippen LogP contribution is 2.26. The third-order valence-corrected chi connectivity index (χ3v) is 5.14. The van der Waals surface area contributed by atoms with Crippen molar-refractivity contribution in [2.45, 2.75) is 13.0 Å². The lowest BCUT2D eigenvalue weighted by molar-refractivity contribution is -0.116. The highest BCUT2D eigenvalue weighted by atomic mass is 35.5. The van der Waals surface area contributed by atoms with Crippen LogP contribution in [0.4, 0.5) is 11.4 Å². The fourth-order valence-corrected chi connectivity index (χ4v) is 3.42. The van der Waals surface area contributed by atoms with Gasteiger partial charge in [-0.05, 0) is 35.2 Å². The lowest BCUT2D eigenvalue weighted by atomic mass is 10.2. The first-order valence-corrected chi connectivity index (χ1v) is 10.1. The molecule has 0 radical (unpaired) electrons. The SMILES string of the molecule is O=C(CCNC(=O)c1cccs1)Nc1ccc(NCc2ccccc2)c(Cl)c1. The maximum Gasteiger partial charge on any atom is 0.261 e. The van der Waals surface area contributed by atoms with E-state index < -0.39 is 0 Å². The van der Waals surface area contributed by atoms with Gasteiger partial charge in [0.2, 0.25) is 5.91 Å². The van der Waals surface area contributed by atoms with E-state index in [9.17, 15) is 9.59 Å². The van der Waals surface area contributed by atoms with Crippen LogP contribution in [0.15, 0.2) is 66.0 Å². The molecule has 28 heavy (non-hydrogen) atoms. The van der Waals surface area contributed by atoms with Crippen molar-refractivity contribution in [2.75, 3.05) is 17.2 Å². The number of carbonyl (C=O) groups is 2. The number of thiophene rings is 1. The first-order valence-electron chi connectivity index (χ1n) is 8.81. The standard InChI is InChI=1S/C21H20ClN3O2S/c22-17-13-16(8-9-18(17)24-14-15-5-2-1-3-6-15)25-20(26)10-11-23-21(27)19-7-4-12-28-19/h1-9,12-13,24H,10-11,14H2,(H,23,27)(H,25,26). The lowest BCUT2D eigenvalue weighted by Gasteiger charge is -2.11. The first kappa shape index (κ1) is 19.9. The molecule has 3 rings (SSSR count). The van der Waals surface area contributed by atoms with Gasteiger partial charge in [0.1, 0.15) is 0 Å². The number of hydrogen-bond donors (Lipinski definition) is 3. The molecule has 2 aromatic carbocycles. The minimum Gasteiger partial charge on any atom is -0.380 e. The number of anilines is 2. The van der Waals surface area contributed by atoms with Gasteiger partial charge in [0.05, 0.1) is 15.6 Å². The second-order valence-corrected chi connectivity index (χ2v) is 7.42. The average Bonchev–Trinajstić information content (AvgIpc) is 3.23. The number of carbonyl (C=O) groups excluding carboxylic acids is 2. The Labute approximate surface area is 172 Å². The summed E-state index contributed by atoms with van der Waals surface area (Å²) in [6.45, 7) is 0.934. The molecule has 0 saturated carbocycles. The van der Waals surface area contributed by atoms with E-state index in [0.29, 0.717) is 22.1 Å². The zero-order valence-electron chi connectivity index (χ0n) is 15.1. The summed E-state index contributed by atoms with van der Waals surface area (Å²) in [7, 11) is 0. The van der Waals surface area contributed by atoms with Gasteiger partial charge in [-0.15, -0.1) is 11.3 Å². The van der Waals surface area contributed by atoms with Gasteiger partial charge < -0.3 is 16.0 Å². The first-order chi connectivity index (χ1) is 13.6. The second kappa shape index (κ2) is 9.92. The van der Waals surface area contributed by atoms with Gasteiger partial charge in [-0.1, -0.05) is 48.0 Å². The Morgan fingerprint density at radius 1 is 1.00 bits per heavy atom. The Kier molecular flexibility index (Phi) is 7.06. The summed E-state index contributed by atoms with van der Waals surface area (Å²) < 4.78 is 0. The number of benzene rings is 2. The maximum absolute atomic E-state index is 12.1. The van der Waals surface area contributed by atoms with Crippen LogP contribution >= 0.6 is 22.9 Å². The van der Waals surface area contributed by atoms with Gasteiger partial charge in [0.15, 0.2) is 0 Å². The fraction of sp³-hybridized carbons (Fsp3) is 0.143. The molecule has 2 amide bonds. The molecule has 0 aliphatic heterocycles. The van der Waals surface area contributed by atoms with Crippen molar-refractivity contribution in [3.8, 4) is 0 Å². The maximum atomic E-state index is 12.1. The molecule has 0 spiro atoms.